The Labute approximate surface area is 507 Å². The summed E-state index contributed by atoms with van der Waals surface area (Å²) in [5.74, 6) is 0.658. The minimum absolute atomic E-state index is 0.658. The largest absolute Gasteiger partial charge is 0.309 e. The van der Waals surface area contributed by atoms with Crippen molar-refractivity contribution in [1.29, 1.82) is 0 Å². The smallest absolute Gasteiger partial charge is 0.160 e. The van der Waals surface area contributed by atoms with Crippen LogP contribution in [0.25, 0.3) is 166 Å². The van der Waals surface area contributed by atoms with Crippen LogP contribution < -0.4 is 0 Å². The lowest BCUT2D eigenvalue weighted by Gasteiger charge is -2.22. The number of rotatable bonds is 9. The topological polar surface area (TPSA) is 45.5 Å². The molecule has 6 nitrogen and oxygen atoms in total. The van der Waals surface area contributed by atoms with E-state index >= 15 is 0 Å². The van der Waals surface area contributed by atoms with E-state index in [9.17, 15) is 0 Å². The summed E-state index contributed by atoms with van der Waals surface area (Å²) in [4.78, 5) is 10.9. The first-order valence-corrected chi connectivity index (χ1v) is 30.1. The molecule has 5 heterocycles. The molecule has 0 aliphatic rings. The quantitative estimate of drug-likeness (QED) is 0.145. The van der Waals surface area contributed by atoms with Crippen molar-refractivity contribution in [2.45, 2.75) is 0 Å². The molecular weight excluding hydrogens is 1070 g/mol. The SMILES string of the molecule is c1ccc(-c2cc(-c3cc(-c4cccc(-n5c6ccccc6c6ccccc65)c4)c(-n4c5ccccc5c5cc6c7ccccc7n(-c7ccccc7)c6cc54)c(-c4cccc(-n5c6ccccc6c6ccccc65)c4)c3)nc(-c3ccccc3)n2)cc1. The molecule has 0 saturated heterocycles. The second kappa shape index (κ2) is 19.9. The van der Waals surface area contributed by atoms with Crippen LogP contribution in [0.3, 0.4) is 0 Å². The van der Waals surface area contributed by atoms with E-state index in [1.165, 1.54) is 43.1 Å². The van der Waals surface area contributed by atoms with Crippen molar-refractivity contribution in [3.63, 3.8) is 0 Å². The van der Waals surface area contributed by atoms with Gasteiger partial charge in [-0.2, -0.15) is 0 Å². The van der Waals surface area contributed by atoms with E-state index in [4.69, 9.17) is 9.97 Å². The Morgan fingerprint density at radius 1 is 0.193 bits per heavy atom. The highest BCUT2D eigenvalue weighted by Gasteiger charge is 2.26. The summed E-state index contributed by atoms with van der Waals surface area (Å²) in [7, 11) is 0. The lowest BCUT2D eigenvalue weighted by molar-refractivity contribution is 1.16. The van der Waals surface area contributed by atoms with Crippen LogP contribution in [0.4, 0.5) is 0 Å². The van der Waals surface area contributed by atoms with Crippen molar-refractivity contribution in [1.82, 2.24) is 28.2 Å². The third-order valence-corrected chi connectivity index (χ3v) is 17.9. The predicted octanol–water partition coefficient (Wildman–Crippen LogP) is 21.2. The summed E-state index contributed by atoms with van der Waals surface area (Å²) in [6.07, 6.45) is 0. The van der Waals surface area contributed by atoms with Crippen molar-refractivity contribution in [3.8, 4) is 78.9 Å². The van der Waals surface area contributed by atoms with Crippen molar-refractivity contribution in [3.05, 3.63) is 315 Å². The van der Waals surface area contributed by atoms with Crippen molar-refractivity contribution >= 4 is 87.2 Å². The van der Waals surface area contributed by atoms with E-state index < -0.39 is 0 Å². The molecule has 0 saturated carbocycles. The lowest BCUT2D eigenvalue weighted by atomic mass is 9.91. The maximum absolute atomic E-state index is 5.58. The van der Waals surface area contributed by atoms with Crippen molar-refractivity contribution in [2.24, 2.45) is 0 Å². The van der Waals surface area contributed by atoms with Gasteiger partial charge in [-0.15, -0.1) is 0 Å². The molecule has 0 N–H and O–H groups in total. The highest BCUT2D eigenvalue weighted by atomic mass is 15.0. The normalized spacial score (nSPS) is 11.9. The number of benzene rings is 13. The molecule has 0 amide bonds. The fourth-order valence-electron chi connectivity index (χ4n) is 14.1. The zero-order chi connectivity index (χ0) is 57.8. The highest BCUT2D eigenvalue weighted by molar-refractivity contribution is 6.20. The van der Waals surface area contributed by atoms with Gasteiger partial charge in [-0.3, -0.25) is 0 Å². The van der Waals surface area contributed by atoms with Gasteiger partial charge in [0.05, 0.1) is 61.2 Å². The summed E-state index contributed by atoms with van der Waals surface area (Å²) in [5.41, 5.74) is 22.2. The monoisotopic (exact) mass is 1120 g/mol. The number of aromatic nitrogens is 6. The Bertz CT molecular complexity index is 5460. The van der Waals surface area contributed by atoms with Crippen LogP contribution in [0.2, 0.25) is 0 Å². The molecule has 0 spiro atoms. The second-order valence-corrected chi connectivity index (χ2v) is 22.9. The Morgan fingerprint density at radius 3 is 0.977 bits per heavy atom. The van der Waals surface area contributed by atoms with Gasteiger partial charge in [-0.05, 0) is 114 Å². The first-order valence-electron chi connectivity index (χ1n) is 30.1. The van der Waals surface area contributed by atoms with E-state index in [2.05, 4.69) is 328 Å². The first-order chi connectivity index (χ1) is 43.7. The van der Waals surface area contributed by atoms with Crippen molar-refractivity contribution in [2.75, 3.05) is 0 Å². The summed E-state index contributed by atoms with van der Waals surface area (Å²) >= 11 is 0. The van der Waals surface area contributed by atoms with Gasteiger partial charge in [0.15, 0.2) is 5.82 Å². The molecule has 0 fully saturated rings. The Kier molecular flexibility index (Phi) is 11.2. The van der Waals surface area contributed by atoms with E-state index in [0.717, 1.165) is 117 Å². The lowest BCUT2D eigenvalue weighted by Crippen LogP contribution is -2.04. The van der Waals surface area contributed by atoms with Crippen molar-refractivity contribution < 1.29 is 0 Å². The van der Waals surface area contributed by atoms with Crippen LogP contribution in [0.15, 0.2) is 315 Å². The standard InChI is InChI=1S/C82H52N6/c1-4-24-53(25-5-1)71-51-72(84-82(83-71)54-26-6-2-7-27-54)57-48-67(55-28-22-32-59(46-55)86-73-40-16-10-34-61(73)62-35-11-17-41-74(62)86)81(68(49-57)56-29-23-33-60(47-56)87-75-42-18-12-36-63(75)64-37-13-19-43-76(64)87)88-78-45-21-15-39-66(78)70-50-69-65-38-14-20-44-77(65)85(79(69)52-80(70)88)58-30-8-3-9-31-58/h1-52H. The Balaban J connectivity index is 1.00. The average Bonchev–Trinajstić information content (AvgIpc) is 1.69. The molecule has 88 heavy (non-hydrogen) atoms. The second-order valence-electron chi connectivity index (χ2n) is 22.9. The molecule has 0 unspecified atom stereocenters. The molecule has 18 aromatic rings. The third kappa shape index (κ3) is 7.76. The summed E-state index contributed by atoms with van der Waals surface area (Å²) in [6.45, 7) is 0. The van der Waals surface area contributed by atoms with Gasteiger partial charge in [0.2, 0.25) is 0 Å². The molecule has 18 rings (SSSR count). The molecule has 0 aliphatic carbocycles. The summed E-state index contributed by atoms with van der Waals surface area (Å²) < 4.78 is 9.86. The molecule has 6 heteroatoms. The highest BCUT2D eigenvalue weighted by Crippen LogP contribution is 2.47. The molecule has 0 atom stereocenters. The van der Waals surface area contributed by atoms with E-state index in [-0.39, 0.29) is 0 Å². The van der Waals surface area contributed by atoms with Gasteiger partial charge in [-0.25, -0.2) is 9.97 Å². The van der Waals surface area contributed by atoms with Gasteiger partial charge < -0.3 is 18.3 Å². The van der Waals surface area contributed by atoms with E-state index in [1.807, 2.05) is 6.07 Å². The fraction of sp³-hybridized carbons (Fsp3) is 0. The third-order valence-electron chi connectivity index (χ3n) is 17.9. The Morgan fingerprint density at radius 2 is 0.523 bits per heavy atom. The Hall–Kier alpha value is -11.9. The zero-order valence-electron chi connectivity index (χ0n) is 47.7. The van der Waals surface area contributed by atoms with Gasteiger partial charge in [-0.1, -0.05) is 212 Å². The number of nitrogens with zero attached hydrogens (tertiary/aromatic N) is 6. The summed E-state index contributed by atoms with van der Waals surface area (Å²) in [6, 6.07) is 115. The van der Waals surface area contributed by atoms with Gasteiger partial charge in [0.1, 0.15) is 0 Å². The molecule has 0 radical (unpaired) electrons. The van der Waals surface area contributed by atoms with Gasteiger partial charge in [0.25, 0.3) is 0 Å². The fourth-order valence-corrected chi connectivity index (χ4v) is 14.1. The van der Waals surface area contributed by atoms with E-state index in [1.54, 1.807) is 0 Å². The van der Waals surface area contributed by atoms with Crippen LogP contribution in [0, 0.1) is 0 Å². The zero-order valence-corrected chi connectivity index (χ0v) is 47.7. The predicted molar refractivity (Wildman–Crippen MR) is 367 cm³/mol. The number of hydrogen-bond acceptors (Lipinski definition) is 2. The van der Waals surface area contributed by atoms with E-state index in [0.29, 0.717) is 5.82 Å². The number of hydrogen-bond donors (Lipinski definition) is 0. The maximum atomic E-state index is 5.58. The van der Waals surface area contributed by atoms with Crippen LogP contribution >= 0.6 is 0 Å². The number of fused-ring (bicyclic) bond motifs is 12. The molecule has 0 bridgehead atoms. The molecular formula is C82H52N6. The number of para-hydroxylation sites is 7. The minimum Gasteiger partial charge on any atom is -0.309 e. The minimum atomic E-state index is 0.658. The first kappa shape index (κ1) is 49.6. The summed E-state index contributed by atoms with van der Waals surface area (Å²) in [5, 5.41) is 9.63. The molecule has 13 aromatic carbocycles. The van der Waals surface area contributed by atoms with Crippen LogP contribution in [-0.4, -0.2) is 28.2 Å². The maximum Gasteiger partial charge on any atom is 0.160 e. The van der Waals surface area contributed by atoms with Crippen LogP contribution in [-0.2, 0) is 0 Å². The average molecular weight is 1120 g/mol. The van der Waals surface area contributed by atoms with Crippen LogP contribution in [0.5, 0.6) is 0 Å². The molecule has 410 valence electrons. The molecule has 5 aromatic heterocycles. The van der Waals surface area contributed by atoms with Gasteiger partial charge >= 0.3 is 0 Å². The van der Waals surface area contributed by atoms with Crippen LogP contribution in [0.1, 0.15) is 0 Å². The molecule has 0 aliphatic heterocycles. The van der Waals surface area contributed by atoms with Gasteiger partial charge in [0, 0.05) is 88.0 Å².